The van der Waals surface area contributed by atoms with Gasteiger partial charge in [0.15, 0.2) is 0 Å². The van der Waals surface area contributed by atoms with Crippen LogP contribution in [0.3, 0.4) is 0 Å². The van der Waals surface area contributed by atoms with E-state index in [-0.39, 0.29) is 12.6 Å². The van der Waals surface area contributed by atoms with Gasteiger partial charge < -0.3 is 0 Å². The fourth-order valence-electron chi connectivity index (χ4n) is 0.806. The molecule has 0 aliphatic rings. The van der Waals surface area contributed by atoms with Gasteiger partial charge in [0.2, 0.25) is 0 Å². The van der Waals surface area contributed by atoms with E-state index in [1.54, 1.807) is 0 Å². The van der Waals surface area contributed by atoms with Gasteiger partial charge in [-0.05, 0) is 0 Å². The minimum atomic E-state index is -0.369. The summed E-state index contributed by atoms with van der Waals surface area (Å²) in [6, 6.07) is 7.59. The van der Waals surface area contributed by atoms with E-state index in [0.29, 0.717) is 5.75 Å². The first kappa shape index (κ1) is 10.1. The molecule has 0 heterocycles. The summed E-state index contributed by atoms with van der Waals surface area (Å²) in [6.07, 6.45) is 0. The summed E-state index contributed by atoms with van der Waals surface area (Å²) in [5.74, 6) is 0.333. The van der Waals surface area contributed by atoms with Crippen LogP contribution < -0.4 is 9.09 Å². The van der Waals surface area contributed by atoms with E-state index < -0.39 is 0 Å². The molecule has 0 N–H and O–H groups in total. The predicted molar refractivity (Wildman–Crippen MR) is 52.1 cm³/mol. The Labute approximate surface area is 85.5 Å². The summed E-state index contributed by atoms with van der Waals surface area (Å²) < 4.78 is 10.8. The van der Waals surface area contributed by atoms with Gasteiger partial charge in [0.25, 0.3) is 0 Å². The minimum absolute atomic E-state index is 0.0348. The first-order valence-corrected chi connectivity index (χ1v) is 4.98. The maximum absolute atomic E-state index is 10.7. The number of carbonyl (C=O) groups is 1. The van der Waals surface area contributed by atoms with Crippen LogP contribution in [0.1, 0.15) is 0 Å². The number of hydrogen-bond acceptors (Lipinski definition) is 3. The van der Waals surface area contributed by atoms with Gasteiger partial charge in [-0.25, -0.2) is 0 Å². The Morgan fingerprint density at radius 2 is 2.31 bits per heavy atom. The van der Waals surface area contributed by atoms with Gasteiger partial charge in [0.05, 0.1) is 0 Å². The molecule has 0 saturated heterocycles. The molecule has 1 atom stereocenters. The summed E-state index contributed by atoms with van der Waals surface area (Å²) in [4.78, 5) is 10.7. The molecule has 0 fully saturated rings. The zero-order chi connectivity index (χ0) is 9.68. The zero-order valence-electron chi connectivity index (χ0n) is 7.32. The molecular formula is C9H11AsO3. The van der Waals surface area contributed by atoms with Crippen LogP contribution in [0, 0.1) is 0 Å². The summed E-state index contributed by atoms with van der Waals surface area (Å²) in [5.41, 5.74) is 0. The molecule has 0 aliphatic carbocycles. The summed E-state index contributed by atoms with van der Waals surface area (Å²) >= 11 is 1.52. The summed E-state index contributed by atoms with van der Waals surface area (Å²) in [7, 11) is 1.34. The number of hydrogen-bond donors (Lipinski definition) is 0. The first-order chi connectivity index (χ1) is 6.22. The molecule has 0 aliphatic heterocycles. The number of esters is 1. The molecule has 0 bridgehead atoms. The Kier molecular flexibility index (Phi) is 3.84. The van der Waals surface area contributed by atoms with E-state index in [2.05, 4.69) is 4.74 Å². The van der Waals surface area contributed by atoms with E-state index >= 15 is 0 Å². The quantitative estimate of drug-likeness (QED) is 0.529. The predicted octanol–water partition coefficient (Wildman–Crippen LogP) is -0.503. The second-order valence-corrected chi connectivity index (χ2v) is 3.84. The third-order valence-corrected chi connectivity index (χ3v) is 2.20. The van der Waals surface area contributed by atoms with E-state index in [1.165, 1.54) is 24.0 Å². The van der Waals surface area contributed by atoms with E-state index in [1.807, 2.05) is 24.3 Å². The second kappa shape index (κ2) is 4.93. The van der Waals surface area contributed by atoms with E-state index in [0.717, 1.165) is 4.35 Å². The van der Waals surface area contributed by atoms with Crippen molar-refractivity contribution >= 4 is 27.2 Å². The van der Waals surface area contributed by atoms with Crippen molar-refractivity contribution in [3.8, 4) is 5.75 Å². The Morgan fingerprint density at radius 1 is 1.54 bits per heavy atom. The molecule has 1 aromatic rings. The molecular weight excluding hydrogens is 231 g/mol. The van der Waals surface area contributed by atoms with Crippen LogP contribution in [0.25, 0.3) is 0 Å². The molecule has 1 rings (SSSR count). The van der Waals surface area contributed by atoms with Crippen LogP contribution in [0.15, 0.2) is 24.3 Å². The fraction of sp³-hybridized carbons (Fsp3) is 0.222. The summed E-state index contributed by atoms with van der Waals surface area (Å²) in [5, 5.41) is 0. The van der Waals surface area contributed by atoms with Gasteiger partial charge in [-0.2, -0.15) is 0 Å². The average Bonchev–Trinajstić information content (AvgIpc) is 2.14. The maximum atomic E-state index is 10.7. The Morgan fingerprint density at radius 3 is 2.92 bits per heavy atom. The molecule has 1 unspecified atom stereocenters. The van der Waals surface area contributed by atoms with Crippen LogP contribution in [0.5, 0.6) is 5.75 Å². The Bertz CT molecular complexity index is 299. The van der Waals surface area contributed by atoms with Crippen LogP contribution in [0.2, 0.25) is 0 Å². The monoisotopic (exact) mass is 242 g/mol. The van der Waals surface area contributed by atoms with Gasteiger partial charge in [-0.3, -0.25) is 0 Å². The molecule has 0 radical (unpaired) electrons. The van der Waals surface area contributed by atoms with Crippen LogP contribution >= 0.6 is 0 Å². The number of ether oxygens (including phenoxy) is 2. The van der Waals surface area contributed by atoms with Gasteiger partial charge in [0, 0.05) is 0 Å². The normalized spacial score (nSPS) is 9.38. The van der Waals surface area contributed by atoms with Gasteiger partial charge in [0.1, 0.15) is 0 Å². The van der Waals surface area contributed by atoms with Crippen molar-refractivity contribution in [3.63, 3.8) is 0 Å². The molecule has 1 aromatic carbocycles. The van der Waals surface area contributed by atoms with E-state index in [4.69, 9.17) is 4.74 Å². The molecule has 4 heteroatoms. The third kappa shape index (κ3) is 3.51. The average molecular weight is 242 g/mol. The van der Waals surface area contributed by atoms with Crippen molar-refractivity contribution in [1.82, 2.24) is 0 Å². The molecule has 13 heavy (non-hydrogen) atoms. The molecule has 3 nitrogen and oxygen atoms in total. The number of rotatable bonds is 3. The number of methoxy groups -OCH3 is 1. The third-order valence-electron chi connectivity index (χ3n) is 1.44. The van der Waals surface area contributed by atoms with Crippen molar-refractivity contribution in [1.29, 1.82) is 0 Å². The topological polar surface area (TPSA) is 35.5 Å². The number of benzene rings is 1. The van der Waals surface area contributed by atoms with Crippen molar-refractivity contribution in [3.05, 3.63) is 24.3 Å². The fourth-order valence-corrected chi connectivity index (χ4v) is 1.38. The Balaban J connectivity index is 2.50. The van der Waals surface area contributed by atoms with Crippen molar-refractivity contribution < 1.29 is 14.3 Å². The van der Waals surface area contributed by atoms with Crippen molar-refractivity contribution in [2.45, 2.75) is 0 Å². The number of carbonyl (C=O) groups excluding carboxylic acids is 1. The zero-order valence-corrected chi connectivity index (χ0v) is 9.74. The van der Waals surface area contributed by atoms with Crippen LogP contribution in [0.4, 0.5) is 0 Å². The van der Waals surface area contributed by atoms with Gasteiger partial charge in [-0.15, -0.1) is 0 Å². The van der Waals surface area contributed by atoms with Crippen LogP contribution in [-0.4, -0.2) is 36.5 Å². The molecule has 70 valence electrons. The van der Waals surface area contributed by atoms with Crippen molar-refractivity contribution in [2.75, 3.05) is 13.7 Å². The second-order valence-electron chi connectivity index (χ2n) is 2.44. The molecule has 0 amide bonds. The van der Waals surface area contributed by atoms with E-state index in [9.17, 15) is 4.79 Å². The Hall–Kier alpha value is -0.952. The molecule has 0 saturated carbocycles. The summed E-state index contributed by atoms with van der Waals surface area (Å²) in [6.45, 7) is -0.0348. The van der Waals surface area contributed by atoms with Gasteiger partial charge >= 0.3 is 85.2 Å². The van der Waals surface area contributed by atoms with Crippen molar-refractivity contribution in [2.24, 2.45) is 0 Å². The molecule has 0 spiro atoms. The van der Waals surface area contributed by atoms with Crippen LogP contribution in [-0.2, 0) is 9.53 Å². The van der Waals surface area contributed by atoms with Gasteiger partial charge in [-0.1, -0.05) is 0 Å². The molecule has 0 aromatic heterocycles. The standard InChI is InChI=1S/C9H11AsO3/c1-12-9(11)6-13-8-4-2-3-7(10)5-8/h2-5H,6,10H2,1H3. The SMILES string of the molecule is COC(=O)COc1cccc([AsH2])c1. The first-order valence-electron chi connectivity index (χ1n) is 3.77.